The van der Waals surface area contributed by atoms with Crippen molar-refractivity contribution in [2.75, 3.05) is 46.1 Å². The van der Waals surface area contributed by atoms with Crippen LogP contribution >= 0.6 is 24.0 Å². The second-order valence-electron chi connectivity index (χ2n) is 8.32. The minimum atomic E-state index is -0.318. The lowest BCUT2D eigenvalue weighted by atomic mass is 10.1. The summed E-state index contributed by atoms with van der Waals surface area (Å²) < 4.78 is 16.3. The molecule has 35 heavy (non-hydrogen) atoms. The first kappa shape index (κ1) is 25.3. The molecule has 0 unspecified atom stereocenters. The first-order valence-electron chi connectivity index (χ1n) is 11.8. The van der Waals surface area contributed by atoms with Crippen LogP contribution in [0.15, 0.2) is 23.1 Å². The van der Waals surface area contributed by atoms with Crippen molar-refractivity contribution in [3.05, 3.63) is 28.7 Å². The van der Waals surface area contributed by atoms with Crippen molar-refractivity contribution in [3.63, 3.8) is 0 Å². The molecule has 0 spiro atoms. The molecule has 9 nitrogen and oxygen atoms in total. The highest BCUT2D eigenvalue weighted by molar-refractivity contribution is 8.26. The summed E-state index contributed by atoms with van der Waals surface area (Å²) in [7, 11) is 0. The molecule has 2 fully saturated rings. The maximum Gasteiger partial charge on any atom is 0.409 e. The lowest BCUT2D eigenvalue weighted by Gasteiger charge is -2.34. The third kappa shape index (κ3) is 6.26. The van der Waals surface area contributed by atoms with Crippen LogP contribution in [-0.4, -0.2) is 83.1 Å². The summed E-state index contributed by atoms with van der Waals surface area (Å²) in [6, 6.07) is 5.56. The fourth-order valence-electron chi connectivity index (χ4n) is 4.08. The number of nitrogens with zero attached hydrogens (tertiary/aromatic N) is 3. The number of thiocarbonyl (C=S) groups is 1. The van der Waals surface area contributed by atoms with Gasteiger partial charge in [0.25, 0.3) is 5.91 Å². The summed E-state index contributed by atoms with van der Waals surface area (Å²) in [5.74, 6) is 1.38. The predicted octanol–water partition coefficient (Wildman–Crippen LogP) is 3.48. The molecule has 3 heterocycles. The van der Waals surface area contributed by atoms with Gasteiger partial charge in [-0.05, 0) is 43.5 Å². The van der Waals surface area contributed by atoms with E-state index in [1.54, 1.807) is 21.6 Å². The highest BCUT2D eigenvalue weighted by Crippen LogP contribution is 2.36. The fourth-order valence-corrected chi connectivity index (χ4v) is 5.39. The molecule has 188 valence electrons. The molecule has 4 rings (SSSR count). The molecule has 0 aromatic heterocycles. The monoisotopic (exact) mass is 519 g/mol. The van der Waals surface area contributed by atoms with Crippen LogP contribution in [0.25, 0.3) is 6.08 Å². The summed E-state index contributed by atoms with van der Waals surface area (Å²) in [4.78, 5) is 42.8. The van der Waals surface area contributed by atoms with Gasteiger partial charge in [0.15, 0.2) is 11.5 Å². The van der Waals surface area contributed by atoms with Crippen molar-refractivity contribution in [2.24, 2.45) is 0 Å². The Morgan fingerprint density at radius 3 is 2.60 bits per heavy atom. The van der Waals surface area contributed by atoms with E-state index in [4.69, 9.17) is 26.4 Å². The number of amides is 3. The quantitative estimate of drug-likeness (QED) is 0.293. The van der Waals surface area contributed by atoms with Crippen molar-refractivity contribution < 1.29 is 28.6 Å². The Kier molecular flexibility index (Phi) is 8.50. The summed E-state index contributed by atoms with van der Waals surface area (Å²) in [6.07, 6.45) is 4.31. The number of ether oxygens (including phenoxy) is 3. The zero-order valence-corrected chi connectivity index (χ0v) is 21.3. The number of carbonyl (C=O) groups is 3. The lowest BCUT2D eigenvalue weighted by molar-refractivity contribution is -0.133. The Balaban J connectivity index is 1.17. The topological polar surface area (TPSA) is 88.6 Å². The van der Waals surface area contributed by atoms with Gasteiger partial charge >= 0.3 is 6.09 Å². The van der Waals surface area contributed by atoms with E-state index in [0.717, 1.165) is 24.8 Å². The largest absolute Gasteiger partial charge is 0.454 e. The van der Waals surface area contributed by atoms with E-state index in [2.05, 4.69) is 0 Å². The van der Waals surface area contributed by atoms with Crippen LogP contribution in [0.5, 0.6) is 11.5 Å². The van der Waals surface area contributed by atoms with Gasteiger partial charge in [-0.1, -0.05) is 36.5 Å². The number of hydrogen-bond donors (Lipinski definition) is 0. The Morgan fingerprint density at radius 2 is 1.83 bits per heavy atom. The molecule has 0 bridgehead atoms. The highest BCUT2D eigenvalue weighted by atomic mass is 32.2. The van der Waals surface area contributed by atoms with Crippen LogP contribution in [0.3, 0.4) is 0 Å². The highest BCUT2D eigenvalue weighted by Gasteiger charge is 2.31. The van der Waals surface area contributed by atoms with E-state index in [0.29, 0.717) is 66.5 Å². The van der Waals surface area contributed by atoms with E-state index in [1.165, 1.54) is 11.8 Å². The number of carbonyl (C=O) groups excluding carboxylic acids is 3. The molecule has 11 heteroatoms. The Labute approximate surface area is 214 Å². The number of thioether (sulfide) groups is 1. The predicted molar refractivity (Wildman–Crippen MR) is 136 cm³/mol. The molecule has 3 amide bonds. The molecule has 3 aliphatic heterocycles. The molecule has 1 aromatic carbocycles. The second-order valence-corrected chi connectivity index (χ2v) is 10.00. The smallest absolute Gasteiger partial charge is 0.409 e. The molecule has 0 N–H and O–H groups in total. The summed E-state index contributed by atoms with van der Waals surface area (Å²) in [5.41, 5.74) is 0.858. The van der Waals surface area contributed by atoms with Gasteiger partial charge in [0.1, 0.15) is 4.32 Å². The van der Waals surface area contributed by atoms with Crippen LogP contribution in [0.1, 0.15) is 38.2 Å². The van der Waals surface area contributed by atoms with Crippen LogP contribution in [-0.2, 0) is 14.3 Å². The number of piperazine rings is 1. The first-order chi connectivity index (χ1) is 17.0. The van der Waals surface area contributed by atoms with Gasteiger partial charge in [-0.15, -0.1) is 0 Å². The van der Waals surface area contributed by atoms with Crippen LogP contribution in [0.2, 0.25) is 0 Å². The van der Waals surface area contributed by atoms with E-state index in [1.807, 2.05) is 24.3 Å². The van der Waals surface area contributed by atoms with Gasteiger partial charge in [0, 0.05) is 39.1 Å². The third-order valence-corrected chi connectivity index (χ3v) is 7.38. The molecular weight excluding hydrogens is 490 g/mol. The maximum atomic E-state index is 12.8. The first-order valence-corrected chi connectivity index (χ1v) is 13.0. The van der Waals surface area contributed by atoms with Crippen molar-refractivity contribution in [3.8, 4) is 11.5 Å². The van der Waals surface area contributed by atoms with Gasteiger partial charge < -0.3 is 24.0 Å². The zero-order chi connectivity index (χ0) is 24.8. The van der Waals surface area contributed by atoms with E-state index in [9.17, 15) is 14.4 Å². The molecule has 0 saturated carbocycles. The maximum absolute atomic E-state index is 12.8. The molecule has 1 aromatic rings. The van der Waals surface area contributed by atoms with Crippen LogP contribution < -0.4 is 9.47 Å². The van der Waals surface area contributed by atoms with Gasteiger partial charge in [-0.2, -0.15) is 0 Å². The second kappa shape index (κ2) is 11.8. The standard InChI is InChI=1S/C24H29N3O6S2/c1-2-31-23(30)26-12-10-25(11-13-26)21(28)6-4-3-5-9-27-22(29)20(35-24(27)34)15-17-7-8-18-19(14-17)33-16-32-18/h7-8,14-15H,2-6,9-13,16H2,1H3. The van der Waals surface area contributed by atoms with Gasteiger partial charge in [-0.25, -0.2) is 4.79 Å². The number of unbranched alkanes of at least 4 members (excludes halogenated alkanes) is 2. The Bertz CT molecular complexity index is 1020. The molecule has 3 aliphatic rings. The Morgan fingerprint density at radius 1 is 1.09 bits per heavy atom. The molecule has 2 saturated heterocycles. The number of fused-ring (bicyclic) bond motifs is 1. The molecule has 0 aliphatic carbocycles. The summed E-state index contributed by atoms with van der Waals surface area (Å²) >= 11 is 6.73. The zero-order valence-electron chi connectivity index (χ0n) is 19.7. The average molecular weight is 520 g/mol. The van der Waals surface area contributed by atoms with Crippen LogP contribution in [0.4, 0.5) is 4.79 Å². The normalized spacial score (nSPS) is 18.5. The van der Waals surface area contributed by atoms with Crippen molar-refractivity contribution in [1.82, 2.24) is 14.7 Å². The van der Waals surface area contributed by atoms with E-state index < -0.39 is 0 Å². The minimum Gasteiger partial charge on any atom is -0.454 e. The van der Waals surface area contributed by atoms with Gasteiger partial charge in [-0.3, -0.25) is 14.5 Å². The molecular formula is C24H29N3O6S2. The van der Waals surface area contributed by atoms with Gasteiger partial charge in [0.2, 0.25) is 12.7 Å². The SMILES string of the molecule is CCOC(=O)N1CCN(C(=O)CCCCCN2C(=O)C(=Cc3ccc4c(c3)OCO4)SC2=S)CC1. The van der Waals surface area contributed by atoms with Crippen molar-refractivity contribution in [2.45, 2.75) is 32.6 Å². The fraction of sp³-hybridized carbons (Fsp3) is 0.500. The number of benzene rings is 1. The number of rotatable bonds is 8. The number of hydrogen-bond acceptors (Lipinski definition) is 8. The van der Waals surface area contributed by atoms with Crippen molar-refractivity contribution in [1.29, 1.82) is 0 Å². The summed E-state index contributed by atoms with van der Waals surface area (Å²) in [5, 5.41) is 0. The molecule has 0 radical (unpaired) electrons. The van der Waals surface area contributed by atoms with E-state index >= 15 is 0 Å². The van der Waals surface area contributed by atoms with E-state index in [-0.39, 0.29) is 24.7 Å². The van der Waals surface area contributed by atoms with Gasteiger partial charge in [0.05, 0.1) is 11.5 Å². The Hall–Kier alpha value is -2.79. The van der Waals surface area contributed by atoms with Crippen molar-refractivity contribution >= 4 is 52.3 Å². The van der Waals surface area contributed by atoms with Crippen LogP contribution in [0, 0.1) is 0 Å². The average Bonchev–Trinajstić information content (AvgIpc) is 3.43. The third-order valence-electron chi connectivity index (χ3n) is 6.00. The minimum absolute atomic E-state index is 0.0896. The lowest BCUT2D eigenvalue weighted by Crippen LogP contribution is -2.50. The molecule has 0 atom stereocenters. The summed E-state index contributed by atoms with van der Waals surface area (Å²) in [6.45, 7) is 4.93.